The molecule has 0 fully saturated rings. The Labute approximate surface area is 28.2 Å². The molecule has 0 aromatic rings. The first-order chi connectivity index (χ1) is 2.27. The van der Waals surface area contributed by atoms with E-state index in [2.05, 4.69) is 0 Å². The molecule has 0 aliphatic carbocycles. The van der Waals surface area contributed by atoms with Gasteiger partial charge in [-0.05, 0) is 0 Å². The minimum absolute atomic E-state index is 0. The number of hydrogen-bond acceptors (Lipinski definition) is 1. The van der Waals surface area contributed by atoms with Crippen molar-refractivity contribution in [3.8, 4) is 0 Å². The van der Waals surface area contributed by atoms with Crippen LogP contribution in [0.15, 0.2) is 0 Å². The second kappa shape index (κ2) is 3.82. The summed E-state index contributed by atoms with van der Waals surface area (Å²) in [4.78, 5) is 0. The van der Waals surface area contributed by atoms with Gasteiger partial charge in [0.15, 0.2) is 0 Å². The Hall–Kier alpha value is -1.18. The van der Waals surface area contributed by atoms with E-state index < -0.39 is 13.0 Å². The van der Waals surface area contributed by atoms with Gasteiger partial charge in [0.2, 0.25) is 6.36 Å². The van der Waals surface area contributed by atoms with E-state index in [0.717, 1.165) is 0 Å². The van der Waals surface area contributed by atoms with Gasteiger partial charge >= 0.3 is 0 Å². The van der Waals surface area contributed by atoms with Gasteiger partial charge in [-0.15, -0.1) is 0 Å². The van der Waals surface area contributed by atoms with Crippen LogP contribution in [0.5, 0.6) is 0 Å². The molecule has 4 heteroatoms. The molecule has 0 aromatic heterocycles. The first-order valence-electron chi connectivity index (χ1n) is 1.15. The van der Waals surface area contributed by atoms with Crippen LogP contribution in [-0.4, -0.2) is 18.1 Å². The molecule has 0 heterocycles. The van der Waals surface area contributed by atoms with E-state index in [4.69, 9.17) is 5.11 Å². The summed E-state index contributed by atoms with van der Waals surface area (Å²) in [5.41, 5.74) is 0. The summed E-state index contributed by atoms with van der Waals surface area (Å²) < 4.78 is 21.1. The van der Waals surface area contributed by atoms with Crippen molar-refractivity contribution in [3.63, 3.8) is 0 Å². The second-order valence-electron chi connectivity index (χ2n) is 0.589. The van der Waals surface area contributed by atoms with Crippen LogP contribution >= 0.6 is 0 Å². The summed E-state index contributed by atoms with van der Waals surface area (Å²) in [5.74, 6) is 0. The molecule has 0 bridgehead atoms. The zero-order valence-electron chi connectivity index (χ0n) is 3.19. The Morgan fingerprint density at radius 3 is 1.83 bits per heavy atom. The molecule has 0 aliphatic heterocycles. The Morgan fingerprint density at radius 2 is 1.83 bits per heavy atom. The zero-order chi connectivity index (χ0) is 4.28. The third-order valence-corrected chi connectivity index (χ3v) is 0.127. The van der Waals surface area contributed by atoms with Gasteiger partial charge in [0.05, 0.1) is 0 Å². The van der Waals surface area contributed by atoms with Crippen LogP contribution in [0.3, 0.4) is 0 Å². The minimum Gasteiger partial charge on any atom is -0.362 e. The molecule has 1 atom stereocenters. The fourth-order valence-electron chi connectivity index (χ4n) is 0. The Bertz CT molecular complexity index is 25.5. The fraction of sp³-hybridized carbons (Fsp3) is 1.00. The van der Waals surface area contributed by atoms with E-state index in [0.29, 0.717) is 0 Å². The summed E-state index contributed by atoms with van der Waals surface area (Å²) in [6, 6.07) is 0. The molecule has 0 saturated carbocycles. The van der Waals surface area contributed by atoms with Crippen molar-refractivity contribution >= 4 is 0 Å². The normalized spacial score (nSPS) is 12.5. The SMILES string of the molecule is OC(F)CF.[Rf]. The molecule has 1 N–H and O–H groups in total. The van der Waals surface area contributed by atoms with Crippen LogP contribution in [0.25, 0.3) is 0 Å². The van der Waals surface area contributed by atoms with Crippen LogP contribution in [0.4, 0.5) is 8.78 Å². The third-order valence-electron chi connectivity index (χ3n) is 0.127. The van der Waals surface area contributed by atoms with Gasteiger partial charge in [-0.25, -0.2) is 8.78 Å². The number of aliphatic hydroxyl groups excluding tert-OH is 1. The molecule has 0 amide bonds. The molecule has 0 aromatic carbocycles. The van der Waals surface area contributed by atoms with Crippen molar-refractivity contribution in [1.29, 1.82) is 0 Å². The van der Waals surface area contributed by atoms with Gasteiger partial charge in [0.1, 0.15) is 6.67 Å². The number of alkyl halides is 2. The Balaban J connectivity index is 0. The van der Waals surface area contributed by atoms with Crippen molar-refractivity contribution in [1.82, 2.24) is 0 Å². The van der Waals surface area contributed by atoms with Crippen LogP contribution in [0.2, 0.25) is 0 Å². The molecule has 0 spiro atoms. The van der Waals surface area contributed by atoms with Crippen molar-refractivity contribution in [2.24, 2.45) is 0 Å². The largest absolute Gasteiger partial charge is 0.362 e. The van der Waals surface area contributed by atoms with Gasteiger partial charge < -0.3 is 5.11 Å². The summed E-state index contributed by atoms with van der Waals surface area (Å²) in [5, 5.41) is 7.32. The third kappa shape index (κ3) is 13.9. The predicted molar refractivity (Wildman–Crippen MR) is 13.1 cm³/mol. The van der Waals surface area contributed by atoms with Crippen LogP contribution in [-0.2, 0) is 0 Å². The van der Waals surface area contributed by atoms with Gasteiger partial charge in [0.25, 0.3) is 0 Å². The Morgan fingerprint density at radius 1 is 1.67 bits per heavy atom. The number of rotatable bonds is 1. The number of halogens is 2. The average Bonchev–Trinajstić information content (AvgIpc) is 1.38. The van der Waals surface area contributed by atoms with E-state index in [-0.39, 0.29) is 0 Å². The van der Waals surface area contributed by atoms with E-state index in [1.54, 1.807) is 0 Å². The maximum absolute atomic E-state index is 10.6. The maximum Gasteiger partial charge on any atom is 0.225 e. The second-order valence-corrected chi connectivity index (χ2v) is 0.589. The summed E-state index contributed by atoms with van der Waals surface area (Å²) >= 11 is 0. The minimum atomic E-state index is -2.28. The molecule has 0 aliphatic rings. The molecule has 34 valence electrons. The van der Waals surface area contributed by atoms with E-state index in [1.165, 1.54) is 0 Å². The molecule has 0 rings (SSSR count). The van der Waals surface area contributed by atoms with E-state index >= 15 is 0 Å². The summed E-state index contributed by atoms with van der Waals surface area (Å²) in [6.07, 6.45) is -2.28. The number of aliphatic hydroxyl groups is 1. The van der Waals surface area contributed by atoms with Gasteiger partial charge in [-0.1, -0.05) is 0 Å². The predicted octanol–water partition coefficient (Wildman–Crippen LogP) is 0.244. The Kier molecular flexibility index (Phi) is 5.63. The van der Waals surface area contributed by atoms with Crippen molar-refractivity contribution in [2.75, 3.05) is 6.67 Å². The fourth-order valence-corrected chi connectivity index (χ4v) is 0. The summed E-state index contributed by atoms with van der Waals surface area (Å²) in [6.45, 7) is -1.31. The molecule has 0 radical (unpaired) electrons. The first-order valence-corrected chi connectivity index (χ1v) is 1.15. The first kappa shape index (κ1) is 8.84. The van der Waals surface area contributed by atoms with Gasteiger partial charge in [-0.2, -0.15) is 0 Å². The topological polar surface area (TPSA) is 20.2 Å². The zero-order valence-corrected chi connectivity index (χ0v) is 9.59. The van der Waals surface area contributed by atoms with Crippen molar-refractivity contribution in [2.45, 2.75) is 6.36 Å². The molecule has 1 nitrogen and oxygen atoms in total. The van der Waals surface area contributed by atoms with Crippen LogP contribution in [0.1, 0.15) is 0 Å². The quantitative estimate of drug-likeness (QED) is 0.720. The molecular weight excluding hydrogens is 345 g/mol. The van der Waals surface area contributed by atoms with Crippen LogP contribution < -0.4 is 0 Å². The van der Waals surface area contributed by atoms with Gasteiger partial charge in [0, 0.05) is 0 Å². The van der Waals surface area contributed by atoms with Crippen molar-refractivity contribution in [3.05, 3.63) is 0 Å². The van der Waals surface area contributed by atoms with E-state index in [9.17, 15) is 8.78 Å². The maximum atomic E-state index is 10.6. The molecular formula is C2H4F2ORf. The number of hydrogen-bond donors (Lipinski definition) is 1. The summed E-state index contributed by atoms with van der Waals surface area (Å²) in [7, 11) is 0. The molecule has 0 saturated heterocycles. The molecule has 6 heavy (non-hydrogen) atoms. The average molecular weight is 349 g/mol. The smallest absolute Gasteiger partial charge is 0.225 e. The molecule has 1 unspecified atom stereocenters. The van der Waals surface area contributed by atoms with Gasteiger partial charge in [-0.3, -0.25) is 0 Å². The van der Waals surface area contributed by atoms with Crippen LogP contribution in [0, 0.1) is 0 Å². The van der Waals surface area contributed by atoms with E-state index in [1.807, 2.05) is 0 Å². The monoisotopic (exact) mass is 349 g/mol. The standard InChI is InChI=1S/C2H4F2O.Rf/c3-1-2(4)5;/h2,5H,1H2;. The van der Waals surface area contributed by atoms with Crippen molar-refractivity contribution < 1.29 is 13.9 Å².